The summed E-state index contributed by atoms with van der Waals surface area (Å²) in [5.74, 6) is 0.672. The van der Waals surface area contributed by atoms with E-state index in [2.05, 4.69) is 187 Å². The Morgan fingerprint density at radius 3 is 1.55 bits per heavy atom. The number of hydrogen-bond donors (Lipinski definition) is 0. The van der Waals surface area contributed by atoms with Crippen molar-refractivity contribution in [2.75, 3.05) is 0 Å². The first-order chi connectivity index (χ1) is 29.7. The van der Waals surface area contributed by atoms with E-state index in [-0.39, 0.29) is 0 Å². The van der Waals surface area contributed by atoms with Gasteiger partial charge in [-0.25, -0.2) is 9.97 Å². The van der Waals surface area contributed by atoms with Crippen molar-refractivity contribution in [1.29, 1.82) is 0 Å². The summed E-state index contributed by atoms with van der Waals surface area (Å²) in [5.41, 5.74) is 11.5. The Kier molecular flexibility index (Phi) is 8.22. The van der Waals surface area contributed by atoms with Gasteiger partial charge in [0.15, 0.2) is 5.82 Å². The SMILES string of the molecule is c1cncc(-c2cccc(-c3nc(-c4cc(-c5ccc6sc7ccccc7c6c5)cc(-c5ccc6sc7ccccc7c6c5)c4)cc(-c4cccc5ccccc45)n3)c2)c1. The molecule has 4 aromatic heterocycles. The Morgan fingerprint density at radius 1 is 0.317 bits per heavy atom. The molecule has 5 heteroatoms. The summed E-state index contributed by atoms with van der Waals surface area (Å²) in [6.07, 6.45) is 3.71. The van der Waals surface area contributed by atoms with E-state index >= 15 is 0 Å². The van der Waals surface area contributed by atoms with Crippen LogP contribution in [0.5, 0.6) is 0 Å². The summed E-state index contributed by atoms with van der Waals surface area (Å²) < 4.78 is 5.19. The number of nitrogens with zero attached hydrogens (tertiary/aromatic N) is 3. The predicted molar refractivity (Wildman–Crippen MR) is 256 cm³/mol. The van der Waals surface area contributed by atoms with Crippen LogP contribution in [-0.2, 0) is 0 Å². The molecular weight excluding hydrogens is 767 g/mol. The lowest BCUT2D eigenvalue weighted by molar-refractivity contribution is 1.18. The summed E-state index contributed by atoms with van der Waals surface area (Å²) in [6.45, 7) is 0. The third kappa shape index (κ3) is 6.06. The van der Waals surface area contributed by atoms with Crippen LogP contribution < -0.4 is 0 Å². The summed E-state index contributed by atoms with van der Waals surface area (Å²) in [4.78, 5) is 15.2. The molecule has 12 rings (SSSR count). The Labute approximate surface area is 354 Å². The minimum absolute atomic E-state index is 0.672. The highest BCUT2D eigenvalue weighted by molar-refractivity contribution is 7.26. The molecule has 0 saturated heterocycles. The van der Waals surface area contributed by atoms with Crippen molar-refractivity contribution in [3.8, 4) is 67.3 Å². The third-order valence-corrected chi connectivity index (χ3v) is 13.9. The standard InChI is InChI=1S/C55H33N3S2/c1-2-15-43-34(10-1)11-8-18-44(43)50-32-49(57-55(58-50)38-13-7-12-35(26-38)39-14-9-25-56-33-39)42-28-40(36-21-23-53-47(30-36)45-16-3-5-19-51(45)59-53)27-41(29-42)37-22-24-54-48(31-37)46-17-4-6-20-52(46)60-54/h1-33H. The van der Waals surface area contributed by atoms with Crippen LogP contribution in [0.1, 0.15) is 0 Å². The van der Waals surface area contributed by atoms with E-state index in [0.29, 0.717) is 5.82 Å². The van der Waals surface area contributed by atoms with Crippen LogP contribution in [-0.4, -0.2) is 15.0 Å². The fourth-order valence-corrected chi connectivity index (χ4v) is 10.8. The lowest BCUT2D eigenvalue weighted by Crippen LogP contribution is -1.97. The number of rotatable bonds is 6. The smallest absolute Gasteiger partial charge is 0.160 e. The molecule has 60 heavy (non-hydrogen) atoms. The van der Waals surface area contributed by atoms with Crippen molar-refractivity contribution in [3.63, 3.8) is 0 Å². The third-order valence-electron chi connectivity index (χ3n) is 11.6. The molecule has 0 amide bonds. The molecule has 0 unspecified atom stereocenters. The number of benzene rings is 8. The fourth-order valence-electron chi connectivity index (χ4n) is 8.60. The molecule has 12 aromatic rings. The van der Waals surface area contributed by atoms with E-state index in [1.165, 1.54) is 56.9 Å². The van der Waals surface area contributed by atoms with Crippen molar-refractivity contribution >= 4 is 73.8 Å². The van der Waals surface area contributed by atoms with Gasteiger partial charge in [0.05, 0.1) is 11.4 Å². The van der Waals surface area contributed by atoms with E-state index < -0.39 is 0 Å². The Morgan fingerprint density at radius 2 is 0.850 bits per heavy atom. The molecule has 0 aliphatic rings. The number of fused-ring (bicyclic) bond motifs is 7. The normalized spacial score (nSPS) is 11.7. The first kappa shape index (κ1) is 34.7. The molecular formula is C55H33N3S2. The van der Waals surface area contributed by atoms with Crippen LogP contribution in [0.3, 0.4) is 0 Å². The molecule has 3 nitrogen and oxygen atoms in total. The van der Waals surface area contributed by atoms with Crippen LogP contribution in [0, 0.1) is 0 Å². The molecule has 0 radical (unpaired) electrons. The Bertz CT molecular complexity index is 3480. The van der Waals surface area contributed by atoms with Gasteiger partial charge in [-0.05, 0) is 111 Å². The van der Waals surface area contributed by atoms with Crippen molar-refractivity contribution < 1.29 is 0 Å². The van der Waals surface area contributed by atoms with Gasteiger partial charge in [-0.2, -0.15) is 0 Å². The Hall–Kier alpha value is -7.31. The van der Waals surface area contributed by atoms with Crippen LogP contribution >= 0.6 is 22.7 Å². The van der Waals surface area contributed by atoms with E-state index in [4.69, 9.17) is 9.97 Å². The minimum atomic E-state index is 0.672. The molecule has 0 saturated carbocycles. The summed E-state index contributed by atoms with van der Waals surface area (Å²) >= 11 is 3.70. The molecule has 0 bridgehead atoms. The maximum Gasteiger partial charge on any atom is 0.160 e. The monoisotopic (exact) mass is 799 g/mol. The second kappa shape index (κ2) is 14.2. The van der Waals surface area contributed by atoms with Gasteiger partial charge < -0.3 is 0 Å². The van der Waals surface area contributed by atoms with E-state index in [1.54, 1.807) is 6.20 Å². The second-order valence-electron chi connectivity index (χ2n) is 15.2. The number of thiophene rings is 2. The second-order valence-corrected chi connectivity index (χ2v) is 17.4. The van der Waals surface area contributed by atoms with E-state index in [1.807, 2.05) is 34.9 Å². The van der Waals surface area contributed by atoms with Gasteiger partial charge >= 0.3 is 0 Å². The highest BCUT2D eigenvalue weighted by atomic mass is 32.1. The minimum Gasteiger partial charge on any atom is -0.264 e. The van der Waals surface area contributed by atoms with Crippen LogP contribution in [0.15, 0.2) is 200 Å². The van der Waals surface area contributed by atoms with Gasteiger partial charge in [-0.15, -0.1) is 22.7 Å². The molecule has 280 valence electrons. The highest BCUT2D eigenvalue weighted by Crippen LogP contribution is 2.42. The molecule has 0 N–H and O–H groups in total. The lowest BCUT2D eigenvalue weighted by Gasteiger charge is -2.14. The van der Waals surface area contributed by atoms with Gasteiger partial charge in [-0.3, -0.25) is 4.98 Å². The van der Waals surface area contributed by atoms with Crippen molar-refractivity contribution in [1.82, 2.24) is 15.0 Å². The van der Waals surface area contributed by atoms with Crippen molar-refractivity contribution in [3.05, 3.63) is 200 Å². The largest absolute Gasteiger partial charge is 0.264 e. The topological polar surface area (TPSA) is 38.7 Å². The average Bonchev–Trinajstić information content (AvgIpc) is 3.89. The molecule has 4 heterocycles. The number of hydrogen-bond acceptors (Lipinski definition) is 5. The van der Waals surface area contributed by atoms with Gasteiger partial charge in [0.1, 0.15) is 0 Å². The molecule has 0 aliphatic heterocycles. The summed E-state index contributed by atoms with van der Waals surface area (Å²) in [7, 11) is 0. The van der Waals surface area contributed by atoms with Gasteiger partial charge in [0.25, 0.3) is 0 Å². The summed E-state index contributed by atoms with van der Waals surface area (Å²) in [6, 6.07) is 67.9. The molecule has 0 aliphatic carbocycles. The molecule has 0 atom stereocenters. The maximum atomic E-state index is 5.43. The quantitative estimate of drug-likeness (QED) is 0.168. The lowest BCUT2D eigenvalue weighted by atomic mass is 9.93. The van der Waals surface area contributed by atoms with E-state index in [9.17, 15) is 0 Å². The number of aromatic nitrogens is 3. The van der Waals surface area contributed by atoms with Crippen molar-refractivity contribution in [2.24, 2.45) is 0 Å². The van der Waals surface area contributed by atoms with Crippen LogP contribution in [0.2, 0.25) is 0 Å². The summed E-state index contributed by atoms with van der Waals surface area (Å²) in [5, 5.41) is 7.47. The van der Waals surface area contributed by atoms with Gasteiger partial charge in [0.2, 0.25) is 0 Å². The van der Waals surface area contributed by atoms with Gasteiger partial charge in [0, 0.05) is 75.0 Å². The number of pyridine rings is 1. The van der Waals surface area contributed by atoms with E-state index in [0.717, 1.165) is 55.7 Å². The predicted octanol–water partition coefficient (Wildman–Crippen LogP) is 15.8. The maximum absolute atomic E-state index is 5.43. The average molecular weight is 800 g/mol. The molecule has 0 spiro atoms. The van der Waals surface area contributed by atoms with Crippen molar-refractivity contribution in [2.45, 2.75) is 0 Å². The van der Waals surface area contributed by atoms with Crippen LogP contribution in [0.25, 0.3) is 118 Å². The highest BCUT2D eigenvalue weighted by Gasteiger charge is 2.17. The fraction of sp³-hybridized carbons (Fsp3) is 0. The first-order valence-electron chi connectivity index (χ1n) is 20.1. The molecule has 0 fully saturated rings. The van der Waals surface area contributed by atoms with Gasteiger partial charge in [-0.1, -0.05) is 115 Å². The first-order valence-corrected chi connectivity index (χ1v) is 21.7. The zero-order valence-electron chi connectivity index (χ0n) is 32.2. The zero-order chi connectivity index (χ0) is 39.6. The van der Waals surface area contributed by atoms with Crippen LogP contribution in [0.4, 0.5) is 0 Å². The Balaban J connectivity index is 1.10. The molecule has 8 aromatic carbocycles. The zero-order valence-corrected chi connectivity index (χ0v) is 33.8.